The zero-order valence-electron chi connectivity index (χ0n) is 13.6. The summed E-state index contributed by atoms with van der Waals surface area (Å²) in [4.78, 5) is 11.4. The Morgan fingerprint density at radius 1 is 1.18 bits per heavy atom. The first-order valence-electron chi connectivity index (χ1n) is 8.33. The van der Waals surface area contributed by atoms with Gasteiger partial charge in [0.25, 0.3) is 0 Å². The molecule has 1 aliphatic heterocycles. The van der Waals surface area contributed by atoms with Gasteiger partial charge in [-0.15, -0.1) is 12.4 Å². The van der Waals surface area contributed by atoms with Crippen molar-refractivity contribution in [3.8, 4) is 0 Å². The maximum Gasteiger partial charge on any atom is 0.459 e. The van der Waals surface area contributed by atoms with E-state index in [2.05, 4.69) is 13.8 Å². The molecule has 0 aromatic rings. The molecular formula is C16H28NO4S+. The normalized spacial score (nSPS) is 21.5. The minimum absolute atomic E-state index is 0.0976. The molecule has 1 N–H and O–H groups in total. The van der Waals surface area contributed by atoms with Crippen LogP contribution in [0.15, 0.2) is 11.6 Å². The van der Waals surface area contributed by atoms with Gasteiger partial charge in [-0.05, 0) is 12.8 Å². The molecule has 0 aromatic heterocycles. The van der Waals surface area contributed by atoms with Crippen molar-refractivity contribution in [1.29, 1.82) is 0 Å². The number of rotatable bonds is 9. The van der Waals surface area contributed by atoms with Gasteiger partial charge in [-0.3, -0.25) is 0 Å². The zero-order chi connectivity index (χ0) is 16.5. The highest BCUT2D eigenvalue weighted by Gasteiger charge is 2.40. The van der Waals surface area contributed by atoms with Gasteiger partial charge in [0.1, 0.15) is 5.57 Å². The summed E-state index contributed by atoms with van der Waals surface area (Å²) in [5.41, 5.74) is 0.243. The Morgan fingerprint density at radius 3 is 2.27 bits per heavy atom. The lowest BCUT2D eigenvalue weighted by atomic mass is 9.91. The van der Waals surface area contributed by atoms with Gasteiger partial charge in [0.15, 0.2) is 6.04 Å². The molecule has 126 valence electrons. The van der Waals surface area contributed by atoms with Crippen molar-refractivity contribution in [2.75, 3.05) is 0 Å². The van der Waals surface area contributed by atoms with Gasteiger partial charge >= 0.3 is 16.5 Å². The Balaban J connectivity index is 3.01. The average Bonchev–Trinajstić information content (AvgIpc) is 2.47. The third kappa shape index (κ3) is 5.23. The van der Waals surface area contributed by atoms with Gasteiger partial charge in [-0.25, -0.2) is 4.79 Å². The van der Waals surface area contributed by atoms with Crippen molar-refractivity contribution < 1.29 is 22.3 Å². The second-order valence-electron chi connectivity index (χ2n) is 5.94. The van der Waals surface area contributed by atoms with Crippen LogP contribution >= 0.6 is 0 Å². The van der Waals surface area contributed by atoms with Crippen LogP contribution in [0, 0.1) is 0 Å². The van der Waals surface area contributed by atoms with Gasteiger partial charge in [-0.2, -0.15) is 0 Å². The number of hydrogen-bond donors (Lipinski definition) is 1. The summed E-state index contributed by atoms with van der Waals surface area (Å²) in [5.74, 6) is -0.996. The topological polar surface area (TPSA) is 74.4 Å². The number of hydrogen-bond acceptors (Lipinski definition) is 3. The van der Waals surface area contributed by atoms with E-state index in [0.29, 0.717) is 12.8 Å². The molecule has 2 unspecified atom stereocenters. The third-order valence-corrected chi connectivity index (χ3v) is 5.17. The molecule has 1 heterocycles. The van der Waals surface area contributed by atoms with Gasteiger partial charge in [0.2, 0.25) is 6.04 Å². The monoisotopic (exact) mass is 330 g/mol. The fourth-order valence-corrected chi connectivity index (χ4v) is 3.96. The molecule has 0 bridgehead atoms. The fourth-order valence-electron chi connectivity index (χ4n) is 3.10. The Hall–Kier alpha value is -1.17. The van der Waals surface area contributed by atoms with Crippen LogP contribution in [0.1, 0.15) is 71.6 Å². The number of aliphatic carboxylic acids is 1. The van der Waals surface area contributed by atoms with Crippen molar-refractivity contribution in [2.24, 2.45) is 0 Å². The summed E-state index contributed by atoms with van der Waals surface area (Å²) in [6, 6.07) is -0.609. The molecule has 5 nitrogen and oxygen atoms in total. The molecule has 0 fully saturated rings. The second-order valence-corrected chi connectivity index (χ2v) is 6.79. The van der Waals surface area contributed by atoms with E-state index in [9.17, 15) is 18.3 Å². The Bertz CT molecular complexity index is 528. The summed E-state index contributed by atoms with van der Waals surface area (Å²) in [6.07, 6.45) is 9.63. The minimum Gasteiger partial charge on any atom is -0.478 e. The van der Waals surface area contributed by atoms with Gasteiger partial charge in [-0.1, -0.05) is 45.6 Å². The zero-order valence-corrected chi connectivity index (χ0v) is 14.4. The van der Waals surface area contributed by atoms with Gasteiger partial charge in [0, 0.05) is 19.3 Å². The lowest BCUT2D eigenvalue weighted by Gasteiger charge is -2.23. The summed E-state index contributed by atoms with van der Waals surface area (Å²) in [5, 5.41) is 9.37. The Labute approximate surface area is 134 Å². The first-order valence-corrected chi connectivity index (χ1v) is 9.37. The fraction of sp³-hybridized carbons (Fsp3) is 0.812. The van der Waals surface area contributed by atoms with E-state index in [-0.39, 0.29) is 11.6 Å². The van der Waals surface area contributed by atoms with Crippen molar-refractivity contribution in [1.82, 2.24) is 0 Å². The molecule has 1 rings (SSSR count). The lowest BCUT2D eigenvalue weighted by Crippen LogP contribution is -2.41. The molecule has 22 heavy (non-hydrogen) atoms. The molecule has 0 spiro atoms. The van der Waals surface area contributed by atoms with E-state index in [4.69, 9.17) is 0 Å². The number of nitrogens with zero attached hydrogens (tertiary/aromatic N) is 1. The first kappa shape index (κ1) is 18.9. The molecule has 0 aromatic carbocycles. The predicted octanol–water partition coefficient (Wildman–Crippen LogP) is 3.37. The third-order valence-electron chi connectivity index (χ3n) is 4.28. The van der Waals surface area contributed by atoms with E-state index in [0.717, 1.165) is 44.9 Å². The minimum atomic E-state index is -2.38. The van der Waals surface area contributed by atoms with Crippen LogP contribution in [0.3, 0.4) is 0 Å². The van der Waals surface area contributed by atoms with E-state index in [1.54, 1.807) is 6.08 Å². The van der Waals surface area contributed by atoms with Crippen molar-refractivity contribution in [3.63, 3.8) is 0 Å². The standard InChI is InChI=1S/C16H27NO4S/c1-3-5-7-9-13-11-12-14(16(18)19)15(10-8-6-4-2)17(13)22(20)21/h12-13,15H,3-11H2,1-2H3/p+1. The van der Waals surface area contributed by atoms with Crippen molar-refractivity contribution in [2.45, 2.75) is 83.7 Å². The van der Waals surface area contributed by atoms with E-state index in [1.807, 2.05) is 0 Å². The van der Waals surface area contributed by atoms with Crippen LogP contribution in [0.25, 0.3) is 0 Å². The summed E-state index contributed by atoms with van der Waals surface area (Å²) >= 11 is 0. The average molecular weight is 330 g/mol. The number of carboxylic acids is 1. The van der Waals surface area contributed by atoms with Gasteiger partial charge in [0.05, 0.1) is 0 Å². The van der Waals surface area contributed by atoms with E-state index < -0.39 is 22.5 Å². The Kier molecular flexibility index (Phi) is 8.38. The van der Waals surface area contributed by atoms with Crippen LogP contribution in [0.4, 0.5) is 0 Å². The van der Waals surface area contributed by atoms with E-state index in [1.165, 1.54) is 3.95 Å². The molecule has 0 saturated heterocycles. The van der Waals surface area contributed by atoms with Crippen molar-refractivity contribution >= 4 is 16.5 Å². The largest absolute Gasteiger partial charge is 0.478 e. The first-order chi connectivity index (χ1) is 10.5. The maximum atomic E-state index is 11.7. The molecular weight excluding hydrogens is 302 g/mol. The molecule has 2 atom stereocenters. The van der Waals surface area contributed by atoms with Crippen LogP contribution in [0.2, 0.25) is 0 Å². The Morgan fingerprint density at radius 2 is 1.77 bits per heavy atom. The van der Waals surface area contributed by atoms with Crippen molar-refractivity contribution in [3.05, 3.63) is 11.6 Å². The second kappa shape index (κ2) is 9.77. The molecule has 6 heteroatoms. The summed E-state index contributed by atoms with van der Waals surface area (Å²) < 4.78 is 24.8. The lowest BCUT2D eigenvalue weighted by molar-refractivity contribution is -0.575. The van der Waals surface area contributed by atoms with Crippen LogP contribution < -0.4 is 0 Å². The van der Waals surface area contributed by atoms with Gasteiger partial charge < -0.3 is 5.11 Å². The molecule has 0 amide bonds. The highest BCUT2D eigenvalue weighted by atomic mass is 32.2. The maximum absolute atomic E-state index is 11.7. The summed E-state index contributed by atoms with van der Waals surface area (Å²) in [6.45, 7) is 4.19. The van der Waals surface area contributed by atoms with E-state index >= 15 is 0 Å². The van der Waals surface area contributed by atoms with Crippen LogP contribution in [0.5, 0.6) is 0 Å². The number of carbonyl (C=O) groups is 1. The SMILES string of the molecule is CCCCCC1CC=C(C(=O)O)C(CCCCC)[N+]1=S(=O)=O. The highest BCUT2D eigenvalue weighted by molar-refractivity contribution is 7.58. The predicted molar refractivity (Wildman–Crippen MR) is 85.4 cm³/mol. The van der Waals surface area contributed by atoms with Crippen LogP contribution in [-0.4, -0.2) is 35.5 Å². The molecule has 1 aliphatic rings. The summed E-state index contributed by atoms with van der Waals surface area (Å²) in [7, 11) is -2.38. The quantitative estimate of drug-likeness (QED) is 0.519. The highest BCUT2D eigenvalue weighted by Crippen LogP contribution is 2.26. The molecule has 0 saturated carbocycles. The number of unbranched alkanes of at least 4 members (excludes halogenated alkanes) is 4. The smallest absolute Gasteiger partial charge is 0.459 e. The molecule has 0 radical (unpaired) electrons. The van der Waals surface area contributed by atoms with Crippen LogP contribution in [-0.2, 0) is 15.3 Å². The number of carboxylic acid groups (broad SMARTS) is 1. The molecule has 0 aliphatic carbocycles.